The zero-order valence-corrected chi connectivity index (χ0v) is 19.2. The molecule has 0 amide bonds. The van der Waals surface area contributed by atoms with Gasteiger partial charge in [0.05, 0.1) is 5.01 Å². The van der Waals surface area contributed by atoms with Crippen LogP contribution >= 0.6 is 35.3 Å². The lowest BCUT2D eigenvalue weighted by Crippen LogP contribution is -2.45. The number of piperidine rings is 1. The van der Waals surface area contributed by atoms with Gasteiger partial charge in [-0.3, -0.25) is 4.99 Å². The molecule has 144 valence electrons. The number of hydrogen-bond acceptors (Lipinski definition) is 4. The number of rotatable bonds is 7. The van der Waals surface area contributed by atoms with Crippen molar-refractivity contribution in [2.24, 2.45) is 16.8 Å². The molecule has 1 aromatic heterocycles. The van der Waals surface area contributed by atoms with Crippen LogP contribution in [0.1, 0.15) is 37.1 Å². The maximum absolute atomic E-state index is 4.46. The molecule has 2 atom stereocenters. The SMILES string of the molecule is CCc1cnc(CCNC(=NC)NCCN2CC(C)CC(C)C2)s1.I. The molecular formula is C18H34IN5S. The second-order valence-corrected chi connectivity index (χ2v) is 8.16. The molecule has 1 aliphatic rings. The topological polar surface area (TPSA) is 52.6 Å². The fourth-order valence-electron chi connectivity index (χ4n) is 3.44. The predicted molar refractivity (Wildman–Crippen MR) is 119 cm³/mol. The number of hydrogen-bond donors (Lipinski definition) is 2. The van der Waals surface area contributed by atoms with Crippen molar-refractivity contribution in [1.29, 1.82) is 0 Å². The van der Waals surface area contributed by atoms with Crippen molar-refractivity contribution >= 4 is 41.3 Å². The third-order valence-electron chi connectivity index (χ3n) is 4.47. The lowest BCUT2D eigenvalue weighted by atomic mass is 9.92. The molecule has 0 aliphatic carbocycles. The molecule has 2 heterocycles. The number of aromatic nitrogens is 1. The van der Waals surface area contributed by atoms with E-state index in [-0.39, 0.29) is 24.0 Å². The van der Waals surface area contributed by atoms with Crippen molar-refractivity contribution in [3.05, 3.63) is 16.1 Å². The summed E-state index contributed by atoms with van der Waals surface area (Å²) >= 11 is 1.81. The molecule has 2 N–H and O–H groups in total. The second-order valence-electron chi connectivity index (χ2n) is 6.96. The number of aryl methyl sites for hydroxylation is 1. The van der Waals surface area contributed by atoms with E-state index in [0.717, 1.165) is 50.3 Å². The van der Waals surface area contributed by atoms with E-state index in [1.165, 1.54) is 29.4 Å². The molecule has 25 heavy (non-hydrogen) atoms. The van der Waals surface area contributed by atoms with Gasteiger partial charge in [-0.15, -0.1) is 35.3 Å². The van der Waals surface area contributed by atoms with E-state index < -0.39 is 0 Å². The summed E-state index contributed by atoms with van der Waals surface area (Å²) in [4.78, 5) is 12.7. The summed E-state index contributed by atoms with van der Waals surface area (Å²) in [6.07, 6.45) is 5.38. The highest BCUT2D eigenvalue weighted by Gasteiger charge is 2.21. The Labute approximate surface area is 174 Å². The minimum absolute atomic E-state index is 0. The van der Waals surface area contributed by atoms with Crippen LogP contribution in [0.2, 0.25) is 0 Å². The fourth-order valence-corrected chi connectivity index (χ4v) is 4.30. The lowest BCUT2D eigenvalue weighted by Gasteiger charge is -2.35. The van der Waals surface area contributed by atoms with Gasteiger partial charge in [-0.25, -0.2) is 4.98 Å². The van der Waals surface area contributed by atoms with E-state index in [2.05, 4.69) is 46.3 Å². The molecule has 2 unspecified atom stereocenters. The van der Waals surface area contributed by atoms with Crippen LogP contribution in [0, 0.1) is 11.8 Å². The van der Waals surface area contributed by atoms with Crippen molar-refractivity contribution in [2.75, 3.05) is 39.8 Å². The molecule has 1 fully saturated rings. The van der Waals surface area contributed by atoms with Crippen molar-refractivity contribution in [2.45, 2.75) is 40.0 Å². The van der Waals surface area contributed by atoms with E-state index >= 15 is 0 Å². The van der Waals surface area contributed by atoms with Crippen LogP contribution in [-0.4, -0.2) is 55.6 Å². The third kappa shape index (κ3) is 8.21. The number of aliphatic imine (C=N–C) groups is 1. The first-order valence-electron chi connectivity index (χ1n) is 9.21. The quantitative estimate of drug-likeness (QED) is 0.359. The van der Waals surface area contributed by atoms with E-state index in [0.29, 0.717) is 0 Å². The summed E-state index contributed by atoms with van der Waals surface area (Å²) in [5, 5.41) is 8.02. The first kappa shape index (κ1) is 22.6. The van der Waals surface area contributed by atoms with Crippen molar-refractivity contribution < 1.29 is 0 Å². The molecule has 1 saturated heterocycles. The molecule has 1 aromatic rings. The van der Waals surface area contributed by atoms with Crippen LogP contribution in [0.25, 0.3) is 0 Å². The Morgan fingerprint density at radius 2 is 1.96 bits per heavy atom. The van der Waals surface area contributed by atoms with Crippen LogP contribution in [0.5, 0.6) is 0 Å². The molecule has 0 bridgehead atoms. The number of halogens is 1. The van der Waals surface area contributed by atoms with Crippen LogP contribution in [0.3, 0.4) is 0 Å². The molecule has 0 aromatic carbocycles. The normalized spacial score (nSPS) is 21.7. The summed E-state index contributed by atoms with van der Waals surface area (Å²) in [6.45, 7) is 12.2. The summed E-state index contributed by atoms with van der Waals surface area (Å²) in [5.74, 6) is 2.52. The first-order chi connectivity index (χ1) is 11.6. The number of nitrogens with one attached hydrogen (secondary N) is 2. The van der Waals surface area contributed by atoms with Crippen LogP contribution in [-0.2, 0) is 12.8 Å². The van der Waals surface area contributed by atoms with Crippen molar-refractivity contribution in [3.8, 4) is 0 Å². The average molecular weight is 479 g/mol. The van der Waals surface area contributed by atoms with E-state index in [4.69, 9.17) is 0 Å². The predicted octanol–water partition coefficient (Wildman–Crippen LogP) is 3.01. The average Bonchev–Trinajstić information content (AvgIpc) is 3.00. The molecule has 0 saturated carbocycles. The number of nitrogens with zero attached hydrogens (tertiary/aromatic N) is 3. The van der Waals surface area contributed by atoms with Gasteiger partial charge in [0.15, 0.2) is 5.96 Å². The smallest absolute Gasteiger partial charge is 0.191 e. The Morgan fingerprint density at radius 1 is 1.28 bits per heavy atom. The second kappa shape index (κ2) is 12.1. The Hall–Kier alpha value is -0.410. The molecule has 0 spiro atoms. The largest absolute Gasteiger partial charge is 0.356 e. The van der Waals surface area contributed by atoms with Gasteiger partial charge in [0.2, 0.25) is 0 Å². The van der Waals surface area contributed by atoms with Gasteiger partial charge in [-0.1, -0.05) is 20.8 Å². The summed E-state index contributed by atoms with van der Waals surface area (Å²) < 4.78 is 0. The Morgan fingerprint density at radius 3 is 2.56 bits per heavy atom. The molecule has 0 radical (unpaired) electrons. The Bertz CT molecular complexity index is 509. The van der Waals surface area contributed by atoms with Crippen molar-refractivity contribution in [3.63, 3.8) is 0 Å². The van der Waals surface area contributed by atoms with Crippen molar-refractivity contribution in [1.82, 2.24) is 20.5 Å². The lowest BCUT2D eigenvalue weighted by molar-refractivity contribution is 0.143. The van der Waals surface area contributed by atoms with Crippen LogP contribution in [0.15, 0.2) is 11.2 Å². The Kier molecular flexibility index (Phi) is 10.9. The maximum atomic E-state index is 4.46. The summed E-state index contributed by atoms with van der Waals surface area (Å²) in [7, 11) is 1.83. The van der Waals surface area contributed by atoms with Gasteiger partial charge in [0.1, 0.15) is 0 Å². The first-order valence-corrected chi connectivity index (χ1v) is 10.0. The van der Waals surface area contributed by atoms with Gasteiger partial charge in [0, 0.05) is 57.3 Å². The number of thiazole rings is 1. The van der Waals surface area contributed by atoms with E-state index in [1.807, 2.05) is 24.6 Å². The fraction of sp³-hybridized carbons (Fsp3) is 0.778. The zero-order valence-electron chi connectivity index (χ0n) is 16.0. The van der Waals surface area contributed by atoms with Gasteiger partial charge in [-0.2, -0.15) is 0 Å². The maximum Gasteiger partial charge on any atom is 0.191 e. The minimum Gasteiger partial charge on any atom is -0.356 e. The summed E-state index contributed by atoms with van der Waals surface area (Å²) in [6, 6.07) is 0. The number of likely N-dealkylation sites (tertiary alicyclic amines) is 1. The zero-order chi connectivity index (χ0) is 17.4. The third-order valence-corrected chi connectivity index (χ3v) is 5.67. The molecule has 2 rings (SSSR count). The highest BCUT2D eigenvalue weighted by atomic mass is 127. The monoisotopic (exact) mass is 479 g/mol. The standard InChI is InChI=1S/C18H33N5S.HI/c1-5-16-11-22-17(24-16)6-7-20-18(19-4)21-8-9-23-12-14(2)10-15(3)13-23;/h11,14-15H,5-10,12-13H2,1-4H3,(H2,19,20,21);1H. The molecular weight excluding hydrogens is 445 g/mol. The van der Waals surface area contributed by atoms with Crippen LogP contribution < -0.4 is 10.6 Å². The Balaban J connectivity index is 0.00000312. The molecule has 1 aliphatic heterocycles. The molecule has 7 heteroatoms. The molecule has 5 nitrogen and oxygen atoms in total. The summed E-state index contributed by atoms with van der Waals surface area (Å²) in [5.41, 5.74) is 0. The minimum atomic E-state index is 0. The van der Waals surface area contributed by atoms with Gasteiger partial charge in [0.25, 0.3) is 0 Å². The van der Waals surface area contributed by atoms with Gasteiger partial charge in [-0.05, 0) is 24.7 Å². The highest BCUT2D eigenvalue weighted by Crippen LogP contribution is 2.20. The highest BCUT2D eigenvalue weighted by molar-refractivity contribution is 14.0. The van der Waals surface area contributed by atoms with Gasteiger partial charge < -0.3 is 15.5 Å². The van der Waals surface area contributed by atoms with E-state index in [9.17, 15) is 0 Å². The van der Waals surface area contributed by atoms with Gasteiger partial charge >= 0.3 is 0 Å². The van der Waals surface area contributed by atoms with Crippen LogP contribution in [0.4, 0.5) is 0 Å². The van der Waals surface area contributed by atoms with E-state index in [1.54, 1.807) is 0 Å². The number of guanidine groups is 1.